The minimum Gasteiger partial charge on any atom is -0.346 e. The lowest BCUT2D eigenvalue weighted by molar-refractivity contribution is -0.135. The van der Waals surface area contributed by atoms with Gasteiger partial charge in [-0.2, -0.15) is 0 Å². The van der Waals surface area contributed by atoms with Gasteiger partial charge in [0.1, 0.15) is 0 Å². The smallest absolute Gasteiger partial charge is 0.226 e. The largest absolute Gasteiger partial charge is 0.346 e. The molecular formula is C15H23NO. The normalized spacial score (nSPS) is 12.5. The minimum atomic E-state index is 0.0855. The van der Waals surface area contributed by atoms with Gasteiger partial charge in [0.2, 0.25) is 5.91 Å². The highest BCUT2D eigenvalue weighted by atomic mass is 16.2. The molecule has 0 aliphatic carbocycles. The second-order valence-electron chi connectivity index (χ2n) is 4.89. The summed E-state index contributed by atoms with van der Waals surface area (Å²) in [6.45, 7) is 7.03. The molecule has 2 heteroatoms. The third-order valence-corrected chi connectivity index (χ3v) is 3.27. The number of hydrogen-bond donors (Lipinski definition) is 0. The van der Waals surface area contributed by atoms with E-state index in [1.807, 2.05) is 37.1 Å². The summed E-state index contributed by atoms with van der Waals surface area (Å²) < 4.78 is 0. The number of benzene rings is 1. The molecule has 1 atom stereocenters. The van der Waals surface area contributed by atoms with Gasteiger partial charge in [-0.1, -0.05) is 44.2 Å². The predicted molar refractivity (Wildman–Crippen MR) is 71.8 cm³/mol. The van der Waals surface area contributed by atoms with Crippen LogP contribution in [-0.2, 0) is 11.2 Å². The highest BCUT2D eigenvalue weighted by Crippen LogP contribution is 2.19. The lowest BCUT2D eigenvalue weighted by atomic mass is 9.88. The summed E-state index contributed by atoms with van der Waals surface area (Å²) in [5.41, 5.74) is 1.24. The monoisotopic (exact) mass is 233 g/mol. The maximum absolute atomic E-state index is 12.2. The molecule has 0 fully saturated rings. The molecule has 0 saturated heterocycles. The Balaban J connectivity index is 2.77. The standard InChI is InChI=1S/C15H23NO/c1-5-16(4)15(17)14(12(2)3)11-13-9-7-6-8-10-13/h6-10,12,14H,5,11H2,1-4H3. The molecule has 0 aliphatic heterocycles. The van der Waals surface area contributed by atoms with Crippen LogP contribution in [0.5, 0.6) is 0 Å². The Morgan fingerprint density at radius 1 is 1.24 bits per heavy atom. The van der Waals surface area contributed by atoms with Gasteiger partial charge in [0.05, 0.1) is 0 Å². The Morgan fingerprint density at radius 3 is 2.29 bits per heavy atom. The molecular weight excluding hydrogens is 210 g/mol. The summed E-state index contributed by atoms with van der Waals surface area (Å²) in [7, 11) is 1.88. The average Bonchev–Trinajstić information content (AvgIpc) is 2.35. The van der Waals surface area contributed by atoms with E-state index in [0.717, 1.165) is 13.0 Å². The van der Waals surface area contributed by atoms with Gasteiger partial charge in [0.15, 0.2) is 0 Å². The molecule has 0 aromatic heterocycles. The van der Waals surface area contributed by atoms with Crippen molar-refractivity contribution in [1.82, 2.24) is 4.90 Å². The van der Waals surface area contributed by atoms with Gasteiger partial charge in [0, 0.05) is 19.5 Å². The third kappa shape index (κ3) is 3.88. The Hall–Kier alpha value is -1.31. The quantitative estimate of drug-likeness (QED) is 0.765. The molecule has 17 heavy (non-hydrogen) atoms. The van der Waals surface area contributed by atoms with E-state index in [2.05, 4.69) is 26.0 Å². The molecule has 0 saturated carbocycles. The zero-order valence-corrected chi connectivity index (χ0v) is 11.3. The first-order valence-electron chi connectivity index (χ1n) is 6.35. The van der Waals surface area contributed by atoms with E-state index in [0.29, 0.717) is 5.92 Å². The van der Waals surface area contributed by atoms with Crippen LogP contribution in [0.1, 0.15) is 26.3 Å². The summed E-state index contributed by atoms with van der Waals surface area (Å²) in [5.74, 6) is 0.713. The fourth-order valence-electron chi connectivity index (χ4n) is 1.92. The molecule has 1 aromatic carbocycles. The average molecular weight is 233 g/mol. The van der Waals surface area contributed by atoms with E-state index in [-0.39, 0.29) is 11.8 Å². The first-order chi connectivity index (χ1) is 8.06. The molecule has 0 aliphatic rings. The number of carbonyl (C=O) groups excluding carboxylic acids is 1. The van der Waals surface area contributed by atoms with Crippen molar-refractivity contribution in [2.24, 2.45) is 11.8 Å². The van der Waals surface area contributed by atoms with Crippen LogP contribution < -0.4 is 0 Å². The lowest BCUT2D eigenvalue weighted by Crippen LogP contribution is -2.36. The molecule has 94 valence electrons. The molecule has 0 N–H and O–H groups in total. The van der Waals surface area contributed by atoms with Crippen molar-refractivity contribution < 1.29 is 4.79 Å². The van der Waals surface area contributed by atoms with Gasteiger partial charge < -0.3 is 4.90 Å². The van der Waals surface area contributed by atoms with Crippen molar-refractivity contribution in [3.8, 4) is 0 Å². The van der Waals surface area contributed by atoms with Crippen molar-refractivity contribution in [2.45, 2.75) is 27.2 Å². The van der Waals surface area contributed by atoms with Crippen molar-refractivity contribution in [3.63, 3.8) is 0 Å². The molecule has 1 aromatic rings. The van der Waals surface area contributed by atoms with Crippen molar-refractivity contribution in [1.29, 1.82) is 0 Å². The van der Waals surface area contributed by atoms with E-state index < -0.39 is 0 Å². The van der Waals surface area contributed by atoms with Crippen LogP contribution in [-0.4, -0.2) is 24.4 Å². The summed E-state index contributed by atoms with van der Waals surface area (Å²) in [6.07, 6.45) is 0.835. The summed E-state index contributed by atoms with van der Waals surface area (Å²) >= 11 is 0. The van der Waals surface area contributed by atoms with Gasteiger partial charge >= 0.3 is 0 Å². The number of nitrogens with zero attached hydrogens (tertiary/aromatic N) is 1. The van der Waals surface area contributed by atoms with Crippen LogP contribution in [0.15, 0.2) is 30.3 Å². The topological polar surface area (TPSA) is 20.3 Å². The SMILES string of the molecule is CCN(C)C(=O)C(Cc1ccccc1)C(C)C. The van der Waals surface area contributed by atoms with E-state index in [4.69, 9.17) is 0 Å². The fraction of sp³-hybridized carbons (Fsp3) is 0.533. The number of amides is 1. The number of carbonyl (C=O) groups is 1. The molecule has 0 heterocycles. The lowest BCUT2D eigenvalue weighted by Gasteiger charge is -2.25. The summed E-state index contributed by atoms with van der Waals surface area (Å²) in [5, 5.41) is 0. The zero-order valence-electron chi connectivity index (χ0n) is 11.3. The van der Waals surface area contributed by atoms with Gasteiger partial charge in [-0.25, -0.2) is 0 Å². The maximum atomic E-state index is 12.2. The van der Waals surface area contributed by atoms with E-state index in [1.54, 1.807) is 0 Å². The first kappa shape index (κ1) is 13.8. The second-order valence-corrected chi connectivity index (χ2v) is 4.89. The highest BCUT2D eigenvalue weighted by Gasteiger charge is 2.24. The van der Waals surface area contributed by atoms with Gasteiger partial charge in [-0.05, 0) is 24.8 Å². The number of rotatable bonds is 5. The Bertz CT molecular complexity index is 345. The predicted octanol–water partition coefficient (Wildman–Crippen LogP) is 2.98. The third-order valence-electron chi connectivity index (χ3n) is 3.27. The van der Waals surface area contributed by atoms with Crippen molar-refractivity contribution >= 4 is 5.91 Å². The molecule has 1 rings (SSSR count). The zero-order chi connectivity index (χ0) is 12.8. The Morgan fingerprint density at radius 2 is 1.82 bits per heavy atom. The first-order valence-corrected chi connectivity index (χ1v) is 6.35. The molecule has 1 amide bonds. The van der Waals surface area contributed by atoms with Crippen molar-refractivity contribution in [3.05, 3.63) is 35.9 Å². The highest BCUT2D eigenvalue weighted by molar-refractivity contribution is 5.79. The molecule has 2 nitrogen and oxygen atoms in total. The fourth-order valence-corrected chi connectivity index (χ4v) is 1.92. The maximum Gasteiger partial charge on any atom is 0.226 e. The van der Waals surface area contributed by atoms with Gasteiger partial charge in [-0.3, -0.25) is 4.79 Å². The molecule has 0 bridgehead atoms. The van der Waals surface area contributed by atoms with Crippen LogP contribution in [0.4, 0.5) is 0 Å². The Labute approximate surface area is 105 Å². The Kier molecular flexibility index (Phi) is 5.20. The van der Waals surface area contributed by atoms with E-state index in [1.165, 1.54) is 5.56 Å². The van der Waals surface area contributed by atoms with Crippen LogP contribution in [0.25, 0.3) is 0 Å². The minimum absolute atomic E-state index is 0.0855. The van der Waals surface area contributed by atoms with Crippen molar-refractivity contribution in [2.75, 3.05) is 13.6 Å². The summed E-state index contributed by atoms with van der Waals surface area (Å²) in [6, 6.07) is 10.2. The van der Waals surface area contributed by atoms with E-state index >= 15 is 0 Å². The van der Waals surface area contributed by atoms with Crippen LogP contribution in [0.3, 0.4) is 0 Å². The molecule has 0 radical (unpaired) electrons. The van der Waals surface area contributed by atoms with Gasteiger partial charge in [-0.15, -0.1) is 0 Å². The molecule has 1 unspecified atom stereocenters. The molecule has 0 spiro atoms. The second kappa shape index (κ2) is 6.43. The van der Waals surface area contributed by atoms with Crippen LogP contribution in [0.2, 0.25) is 0 Å². The van der Waals surface area contributed by atoms with Crippen LogP contribution >= 0.6 is 0 Å². The summed E-state index contributed by atoms with van der Waals surface area (Å²) in [4.78, 5) is 14.1. The number of hydrogen-bond acceptors (Lipinski definition) is 1. The van der Waals surface area contributed by atoms with E-state index in [9.17, 15) is 4.79 Å². The van der Waals surface area contributed by atoms with Crippen LogP contribution in [0, 0.1) is 11.8 Å². The van der Waals surface area contributed by atoms with Gasteiger partial charge in [0.25, 0.3) is 0 Å².